The van der Waals surface area contributed by atoms with Crippen LogP contribution in [0.2, 0.25) is 0 Å². The summed E-state index contributed by atoms with van der Waals surface area (Å²) in [4.78, 5) is 0. The van der Waals surface area contributed by atoms with Crippen LogP contribution in [0.5, 0.6) is 0 Å². The van der Waals surface area contributed by atoms with Gasteiger partial charge in [0, 0.05) is 17.6 Å². The van der Waals surface area contributed by atoms with Crippen molar-refractivity contribution in [2.75, 3.05) is 24.2 Å². The van der Waals surface area contributed by atoms with Gasteiger partial charge in [-0.25, -0.2) is 8.78 Å². The smallest absolute Gasteiger partial charge is 0.151 e. The Labute approximate surface area is 105 Å². The van der Waals surface area contributed by atoms with Gasteiger partial charge < -0.3 is 16.2 Å². The molecule has 18 heavy (non-hydrogen) atoms. The fourth-order valence-electron chi connectivity index (χ4n) is 2.55. The van der Waals surface area contributed by atoms with Gasteiger partial charge in [-0.05, 0) is 25.0 Å². The molecular weight excluding hydrogens is 238 g/mol. The lowest BCUT2D eigenvalue weighted by Crippen LogP contribution is -2.31. The molecule has 1 aliphatic carbocycles. The van der Waals surface area contributed by atoms with Crippen LogP contribution >= 0.6 is 0 Å². The van der Waals surface area contributed by atoms with Crippen molar-refractivity contribution in [2.24, 2.45) is 5.41 Å². The first-order chi connectivity index (χ1) is 8.56. The van der Waals surface area contributed by atoms with Crippen molar-refractivity contribution in [3.05, 3.63) is 23.8 Å². The normalized spacial score (nSPS) is 17.9. The number of halogens is 2. The number of aliphatic hydroxyl groups excluding tert-OH is 1. The molecule has 0 radical (unpaired) electrons. The number of nitrogen functional groups attached to an aromatic ring is 1. The van der Waals surface area contributed by atoms with Crippen LogP contribution in [-0.2, 0) is 0 Å². The van der Waals surface area contributed by atoms with Crippen molar-refractivity contribution in [2.45, 2.75) is 25.7 Å². The van der Waals surface area contributed by atoms with Gasteiger partial charge in [0.1, 0.15) is 5.69 Å². The van der Waals surface area contributed by atoms with Crippen molar-refractivity contribution in [3.8, 4) is 0 Å². The summed E-state index contributed by atoms with van der Waals surface area (Å²) in [5.74, 6) is -1.39. The first kappa shape index (κ1) is 13.1. The Morgan fingerprint density at radius 1 is 1.22 bits per heavy atom. The predicted molar refractivity (Wildman–Crippen MR) is 67.2 cm³/mol. The average Bonchev–Trinajstić information content (AvgIpc) is 2.77. The van der Waals surface area contributed by atoms with Crippen molar-refractivity contribution >= 4 is 11.4 Å². The number of anilines is 2. The fraction of sp³-hybridized carbons (Fsp3) is 0.538. The van der Waals surface area contributed by atoms with Gasteiger partial charge in [-0.1, -0.05) is 12.8 Å². The highest BCUT2D eigenvalue weighted by Gasteiger charge is 2.33. The van der Waals surface area contributed by atoms with Crippen LogP contribution < -0.4 is 11.1 Å². The molecule has 0 amide bonds. The summed E-state index contributed by atoms with van der Waals surface area (Å²) in [7, 11) is 0. The van der Waals surface area contributed by atoms with E-state index >= 15 is 0 Å². The SMILES string of the molecule is Nc1cc(F)c(NCC2(CO)CCCC2)c(F)c1. The molecule has 4 N–H and O–H groups in total. The first-order valence-electron chi connectivity index (χ1n) is 6.16. The summed E-state index contributed by atoms with van der Waals surface area (Å²) in [6.45, 7) is 0.416. The van der Waals surface area contributed by atoms with Gasteiger partial charge in [0.15, 0.2) is 11.6 Å². The summed E-state index contributed by atoms with van der Waals surface area (Å²) in [5, 5.41) is 12.2. The van der Waals surface area contributed by atoms with Crippen molar-refractivity contribution in [1.29, 1.82) is 0 Å². The minimum atomic E-state index is -0.696. The number of hydrogen-bond acceptors (Lipinski definition) is 3. The minimum absolute atomic E-state index is 0.0399. The van der Waals surface area contributed by atoms with Crippen molar-refractivity contribution in [1.82, 2.24) is 0 Å². The lowest BCUT2D eigenvalue weighted by atomic mass is 9.87. The van der Waals surface area contributed by atoms with Gasteiger partial charge in [0.05, 0.1) is 6.61 Å². The summed E-state index contributed by atoms with van der Waals surface area (Å²) in [6, 6.07) is 2.18. The lowest BCUT2D eigenvalue weighted by Gasteiger charge is -2.27. The van der Waals surface area contributed by atoms with E-state index in [0.717, 1.165) is 37.8 Å². The molecule has 0 heterocycles. The predicted octanol–water partition coefficient (Wildman–Crippen LogP) is 2.51. The summed E-state index contributed by atoms with van der Waals surface area (Å²) < 4.78 is 27.1. The van der Waals surface area contributed by atoms with E-state index < -0.39 is 11.6 Å². The minimum Gasteiger partial charge on any atom is -0.399 e. The van der Waals surface area contributed by atoms with Gasteiger partial charge in [0.2, 0.25) is 0 Å². The molecular formula is C13H18F2N2O. The average molecular weight is 256 g/mol. The van der Waals surface area contributed by atoms with E-state index in [9.17, 15) is 13.9 Å². The van der Waals surface area contributed by atoms with Gasteiger partial charge in [0.25, 0.3) is 0 Å². The zero-order chi connectivity index (χ0) is 13.2. The van der Waals surface area contributed by atoms with Crippen molar-refractivity contribution < 1.29 is 13.9 Å². The Morgan fingerprint density at radius 2 is 1.78 bits per heavy atom. The Bertz CT molecular complexity index is 408. The highest BCUT2D eigenvalue weighted by molar-refractivity contribution is 5.54. The Hall–Kier alpha value is -1.36. The Balaban J connectivity index is 2.10. The number of nitrogens with two attached hydrogens (primary N) is 1. The third-order valence-electron chi connectivity index (χ3n) is 3.70. The third-order valence-corrected chi connectivity index (χ3v) is 3.70. The highest BCUT2D eigenvalue weighted by atomic mass is 19.1. The maximum atomic E-state index is 13.6. The number of nitrogens with one attached hydrogen (secondary N) is 1. The highest BCUT2D eigenvalue weighted by Crippen LogP contribution is 2.38. The molecule has 0 aromatic heterocycles. The first-order valence-corrected chi connectivity index (χ1v) is 6.16. The van der Waals surface area contributed by atoms with E-state index in [0.29, 0.717) is 6.54 Å². The number of benzene rings is 1. The molecule has 0 spiro atoms. The molecule has 1 aromatic rings. The van der Waals surface area contributed by atoms with E-state index in [4.69, 9.17) is 5.73 Å². The van der Waals surface area contributed by atoms with E-state index in [2.05, 4.69) is 5.32 Å². The van der Waals surface area contributed by atoms with Crippen LogP contribution in [0, 0.1) is 17.0 Å². The van der Waals surface area contributed by atoms with E-state index in [1.807, 2.05) is 0 Å². The van der Waals surface area contributed by atoms with Crippen LogP contribution in [0.3, 0.4) is 0 Å². The van der Waals surface area contributed by atoms with Crippen LogP contribution in [0.25, 0.3) is 0 Å². The zero-order valence-electron chi connectivity index (χ0n) is 10.2. The second kappa shape index (κ2) is 5.10. The molecule has 1 aliphatic rings. The number of rotatable bonds is 4. The third kappa shape index (κ3) is 2.56. The molecule has 1 aromatic carbocycles. The lowest BCUT2D eigenvalue weighted by molar-refractivity contribution is 0.142. The molecule has 100 valence electrons. The Morgan fingerprint density at radius 3 is 2.28 bits per heavy atom. The van der Waals surface area contributed by atoms with Gasteiger partial charge in [-0.3, -0.25) is 0 Å². The zero-order valence-corrected chi connectivity index (χ0v) is 10.2. The fourth-order valence-corrected chi connectivity index (χ4v) is 2.55. The molecule has 0 bridgehead atoms. The van der Waals surface area contributed by atoms with E-state index in [1.54, 1.807) is 0 Å². The summed E-state index contributed by atoms with van der Waals surface area (Å²) in [6.07, 6.45) is 3.87. The largest absolute Gasteiger partial charge is 0.399 e. The monoisotopic (exact) mass is 256 g/mol. The van der Waals surface area contributed by atoms with Crippen molar-refractivity contribution in [3.63, 3.8) is 0 Å². The maximum Gasteiger partial charge on any atom is 0.151 e. The van der Waals surface area contributed by atoms with E-state index in [-0.39, 0.29) is 23.4 Å². The maximum absolute atomic E-state index is 13.6. The van der Waals surface area contributed by atoms with Crippen LogP contribution in [0.15, 0.2) is 12.1 Å². The molecule has 1 fully saturated rings. The number of aliphatic hydroxyl groups is 1. The van der Waals surface area contributed by atoms with Crippen LogP contribution in [0.1, 0.15) is 25.7 Å². The molecule has 1 saturated carbocycles. The van der Waals surface area contributed by atoms with Crippen LogP contribution in [-0.4, -0.2) is 18.3 Å². The molecule has 5 heteroatoms. The molecule has 3 nitrogen and oxygen atoms in total. The second-order valence-electron chi connectivity index (χ2n) is 5.08. The molecule has 0 atom stereocenters. The van der Waals surface area contributed by atoms with Crippen LogP contribution in [0.4, 0.5) is 20.2 Å². The second-order valence-corrected chi connectivity index (χ2v) is 5.08. The number of hydrogen-bond donors (Lipinski definition) is 3. The summed E-state index contributed by atoms with van der Waals surface area (Å²) >= 11 is 0. The van der Waals surface area contributed by atoms with Gasteiger partial charge >= 0.3 is 0 Å². The Kier molecular flexibility index (Phi) is 3.71. The summed E-state index contributed by atoms with van der Waals surface area (Å²) in [5.41, 5.74) is 5.00. The molecule has 0 aliphatic heterocycles. The quantitative estimate of drug-likeness (QED) is 0.725. The van der Waals surface area contributed by atoms with E-state index in [1.165, 1.54) is 0 Å². The molecule has 2 rings (SSSR count). The molecule has 0 unspecified atom stereocenters. The topological polar surface area (TPSA) is 58.3 Å². The van der Waals surface area contributed by atoms with Gasteiger partial charge in [-0.2, -0.15) is 0 Å². The molecule has 0 saturated heterocycles. The standard InChI is InChI=1S/C13H18F2N2O/c14-10-5-9(16)6-11(15)12(10)17-7-13(8-18)3-1-2-4-13/h5-6,17-18H,1-4,7-8,16H2. The van der Waals surface area contributed by atoms with Gasteiger partial charge in [-0.15, -0.1) is 0 Å².